The molecular formula is C23H24N6S. The minimum Gasteiger partial charge on any atom is -0.393 e. The molecule has 4 aromatic rings. The molecule has 2 heterocycles. The summed E-state index contributed by atoms with van der Waals surface area (Å²) in [7, 11) is 0. The van der Waals surface area contributed by atoms with Crippen LogP contribution in [0.5, 0.6) is 0 Å². The fraction of sp³-hybridized carbons (Fsp3) is 0.174. The number of hydrogen-bond acceptors (Lipinski definition) is 7. The monoisotopic (exact) mass is 416 g/mol. The summed E-state index contributed by atoms with van der Waals surface area (Å²) in [5, 5.41) is 4.04. The number of nitrogens with two attached hydrogens (primary N) is 1. The average molecular weight is 417 g/mol. The zero-order valence-electron chi connectivity index (χ0n) is 17.0. The summed E-state index contributed by atoms with van der Waals surface area (Å²) in [5.74, 6) is 1.27. The van der Waals surface area contributed by atoms with Gasteiger partial charge in [-0.3, -0.25) is 0 Å². The molecule has 3 N–H and O–H groups in total. The summed E-state index contributed by atoms with van der Waals surface area (Å²) in [6.07, 6.45) is 1.55. The first-order chi connectivity index (χ1) is 14.6. The molecule has 0 aliphatic heterocycles. The van der Waals surface area contributed by atoms with Crippen molar-refractivity contribution >= 4 is 33.8 Å². The minimum atomic E-state index is 0.509. The molecule has 0 unspecified atom stereocenters. The van der Waals surface area contributed by atoms with Crippen LogP contribution in [-0.2, 0) is 13.1 Å². The molecule has 7 heteroatoms. The Labute approximate surface area is 180 Å². The maximum Gasteiger partial charge on any atom is 0.188 e. The van der Waals surface area contributed by atoms with E-state index in [-0.39, 0.29) is 0 Å². The lowest BCUT2D eigenvalue weighted by atomic mass is 10.1. The lowest BCUT2D eigenvalue weighted by molar-refractivity contribution is 0.782. The first-order valence-corrected chi connectivity index (χ1v) is 10.6. The second-order valence-corrected chi connectivity index (χ2v) is 8.28. The maximum atomic E-state index is 6.53. The maximum absolute atomic E-state index is 6.53. The fourth-order valence-corrected chi connectivity index (χ4v) is 3.99. The third kappa shape index (κ3) is 4.58. The Morgan fingerprint density at radius 3 is 2.03 bits per heavy atom. The van der Waals surface area contributed by atoms with Crippen LogP contribution in [0, 0.1) is 13.8 Å². The first-order valence-electron chi connectivity index (χ1n) is 9.74. The SMILES string of the molecule is Cc1nc(Nc2ncnc(N(Cc3ccccc3)Cc3ccccc3)c2N)sc1C. The van der Waals surface area contributed by atoms with E-state index in [1.165, 1.54) is 16.0 Å². The molecular weight excluding hydrogens is 392 g/mol. The number of anilines is 4. The Morgan fingerprint density at radius 1 is 0.900 bits per heavy atom. The average Bonchev–Trinajstić information content (AvgIpc) is 3.07. The highest BCUT2D eigenvalue weighted by atomic mass is 32.1. The molecule has 0 radical (unpaired) electrons. The highest BCUT2D eigenvalue weighted by Crippen LogP contribution is 2.32. The molecule has 0 saturated heterocycles. The number of nitrogens with one attached hydrogen (secondary N) is 1. The van der Waals surface area contributed by atoms with E-state index in [0.717, 1.165) is 10.8 Å². The van der Waals surface area contributed by atoms with Gasteiger partial charge in [0.05, 0.1) is 5.69 Å². The second kappa shape index (κ2) is 8.92. The summed E-state index contributed by atoms with van der Waals surface area (Å²) in [6.45, 7) is 5.42. The van der Waals surface area contributed by atoms with Crippen molar-refractivity contribution < 1.29 is 0 Å². The van der Waals surface area contributed by atoms with Crippen LogP contribution in [0.2, 0.25) is 0 Å². The van der Waals surface area contributed by atoms with E-state index in [4.69, 9.17) is 5.73 Å². The molecule has 0 spiro atoms. The molecule has 4 rings (SSSR count). The normalized spacial score (nSPS) is 10.7. The molecule has 2 aromatic carbocycles. The van der Waals surface area contributed by atoms with Gasteiger partial charge in [-0.05, 0) is 25.0 Å². The topological polar surface area (TPSA) is 80.0 Å². The summed E-state index contributed by atoms with van der Waals surface area (Å²) in [5.41, 5.74) is 10.4. The summed E-state index contributed by atoms with van der Waals surface area (Å²) < 4.78 is 0. The Balaban J connectivity index is 1.66. The lowest BCUT2D eigenvalue weighted by Crippen LogP contribution is -2.24. The van der Waals surface area contributed by atoms with Gasteiger partial charge in [0.1, 0.15) is 12.0 Å². The van der Waals surface area contributed by atoms with Crippen LogP contribution in [0.1, 0.15) is 21.7 Å². The molecule has 0 aliphatic rings. The second-order valence-electron chi connectivity index (χ2n) is 7.07. The quantitative estimate of drug-likeness (QED) is 0.437. The van der Waals surface area contributed by atoms with Crippen LogP contribution < -0.4 is 16.0 Å². The van der Waals surface area contributed by atoms with Crippen LogP contribution >= 0.6 is 11.3 Å². The summed E-state index contributed by atoms with van der Waals surface area (Å²) in [6, 6.07) is 20.6. The van der Waals surface area contributed by atoms with Gasteiger partial charge in [-0.15, -0.1) is 11.3 Å². The Bertz CT molecular complexity index is 1050. The van der Waals surface area contributed by atoms with Crippen LogP contribution in [-0.4, -0.2) is 15.0 Å². The van der Waals surface area contributed by atoms with Crippen molar-refractivity contribution in [1.82, 2.24) is 15.0 Å². The van der Waals surface area contributed by atoms with Gasteiger partial charge in [-0.25, -0.2) is 15.0 Å². The van der Waals surface area contributed by atoms with Crippen molar-refractivity contribution in [1.29, 1.82) is 0 Å². The van der Waals surface area contributed by atoms with Crippen molar-refractivity contribution in [3.63, 3.8) is 0 Å². The highest BCUT2D eigenvalue weighted by Gasteiger charge is 2.17. The number of nitrogens with zero attached hydrogens (tertiary/aromatic N) is 4. The molecule has 152 valence electrons. The van der Waals surface area contributed by atoms with E-state index < -0.39 is 0 Å². The predicted octanol–water partition coefficient (Wildman–Crippen LogP) is 5.08. The molecule has 2 aromatic heterocycles. The molecule has 0 bridgehead atoms. The molecule has 0 aliphatic carbocycles. The number of aromatic nitrogens is 3. The van der Waals surface area contributed by atoms with Gasteiger partial charge in [-0.2, -0.15) is 0 Å². The Kier molecular flexibility index (Phi) is 5.90. The van der Waals surface area contributed by atoms with E-state index in [1.54, 1.807) is 17.7 Å². The predicted molar refractivity (Wildman–Crippen MR) is 124 cm³/mol. The molecule has 30 heavy (non-hydrogen) atoms. The zero-order chi connectivity index (χ0) is 20.9. The summed E-state index contributed by atoms with van der Waals surface area (Å²) >= 11 is 1.59. The molecule has 0 saturated carbocycles. The summed E-state index contributed by atoms with van der Waals surface area (Å²) in [4.78, 5) is 16.8. The van der Waals surface area contributed by atoms with Crippen LogP contribution in [0.15, 0.2) is 67.0 Å². The Morgan fingerprint density at radius 2 is 1.50 bits per heavy atom. The van der Waals surface area contributed by atoms with E-state index >= 15 is 0 Å². The third-order valence-electron chi connectivity index (χ3n) is 4.85. The first kappa shape index (κ1) is 19.8. The van der Waals surface area contributed by atoms with Crippen LogP contribution in [0.25, 0.3) is 0 Å². The molecule has 0 amide bonds. The molecule has 6 nitrogen and oxygen atoms in total. The van der Waals surface area contributed by atoms with Gasteiger partial charge in [0.15, 0.2) is 16.8 Å². The van der Waals surface area contributed by atoms with Gasteiger partial charge in [0.25, 0.3) is 0 Å². The van der Waals surface area contributed by atoms with E-state index in [1.807, 2.05) is 50.2 Å². The number of aryl methyl sites for hydroxylation is 2. The van der Waals surface area contributed by atoms with Crippen LogP contribution in [0.3, 0.4) is 0 Å². The Hall–Kier alpha value is -3.45. The number of nitrogen functional groups attached to an aromatic ring is 1. The van der Waals surface area contributed by atoms with Gasteiger partial charge in [-0.1, -0.05) is 60.7 Å². The van der Waals surface area contributed by atoms with Gasteiger partial charge < -0.3 is 16.0 Å². The van der Waals surface area contributed by atoms with E-state index in [9.17, 15) is 0 Å². The largest absolute Gasteiger partial charge is 0.393 e. The van der Waals surface area contributed by atoms with E-state index in [2.05, 4.69) is 49.4 Å². The van der Waals surface area contributed by atoms with Gasteiger partial charge >= 0.3 is 0 Å². The number of thiazole rings is 1. The fourth-order valence-electron chi connectivity index (χ4n) is 3.18. The zero-order valence-corrected chi connectivity index (χ0v) is 17.9. The van der Waals surface area contributed by atoms with Crippen molar-refractivity contribution in [2.24, 2.45) is 0 Å². The van der Waals surface area contributed by atoms with Crippen molar-refractivity contribution in [3.05, 3.63) is 88.7 Å². The van der Waals surface area contributed by atoms with Crippen molar-refractivity contribution in [2.75, 3.05) is 16.0 Å². The van der Waals surface area contributed by atoms with Gasteiger partial charge in [0, 0.05) is 18.0 Å². The number of benzene rings is 2. The van der Waals surface area contributed by atoms with Crippen LogP contribution in [0.4, 0.5) is 22.5 Å². The highest BCUT2D eigenvalue weighted by molar-refractivity contribution is 7.15. The van der Waals surface area contributed by atoms with Crippen molar-refractivity contribution in [2.45, 2.75) is 26.9 Å². The number of hydrogen-bond donors (Lipinski definition) is 2. The lowest BCUT2D eigenvalue weighted by Gasteiger charge is -2.26. The molecule has 0 fully saturated rings. The molecule has 0 atom stereocenters. The van der Waals surface area contributed by atoms with Crippen molar-refractivity contribution in [3.8, 4) is 0 Å². The standard InChI is InChI=1S/C23H24N6S/c1-16-17(2)30-23(27-16)28-21-20(24)22(26-15-25-21)29(13-18-9-5-3-6-10-18)14-19-11-7-4-8-12-19/h3-12,15H,13-14,24H2,1-2H3,(H,25,26,27,28). The number of rotatable bonds is 7. The minimum absolute atomic E-state index is 0.509. The van der Waals surface area contributed by atoms with Gasteiger partial charge in [0.2, 0.25) is 0 Å². The smallest absolute Gasteiger partial charge is 0.188 e. The van der Waals surface area contributed by atoms with E-state index in [0.29, 0.717) is 30.4 Å². The third-order valence-corrected chi connectivity index (χ3v) is 5.84.